The molecule has 4 nitrogen and oxygen atoms in total. The average Bonchev–Trinajstić information content (AvgIpc) is 2.61. The number of benzene rings is 1. The number of piperidine rings is 2. The van der Waals surface area contributed by atoms with Crippen LogP contribution in [-0.4, -0.2) is 52.7 Å². The van der Waals surface area contributed by atoms with E-state index in [0.717, 1.165) is 42.5 Å². The lowest BCUT2D eigenvalue weighted by atomic mass is 9.96. The van der Waals surface area contributed by atoms with Gasteiger partial charge in [0.1, 0.15) is 16.7 Å². The van der Waals surface area contributed by atoms with E-state index in [9.17, 15) is 4.21 Å². The van der Waals surface area contributed by atoms with Gasteiger partial charge in [0.25, 0.3) is 0 Å². The van der Waals surface area contributed by atoms with Crippen molar-refractivity contribution < 1.29 is 8.95 Å². The molecule has 2 aliphatic rings. The minimum atomic E-state index is -1.05. The Bertz CT molecular complexity index is 526. The van der Waals surface area contributed by atoms with Gasteiger partial charge in [-0.1, -0.05) is 6.92 Å². The number of nitrogens with zero attached hydrogens (tertiary/aromatic N) is 2. The first-order valence-corrected chi connectivity index (χ1v) is 9.83. The zero-order valence-corrected chi connectivity index (χ0v) is 15.1. The van der Waals surface area contributed by atoms with Crippen molar-refractivity contribution in [2.24, 2.45) is 5.92 Å². The second-order valence-corrected chi connectivity index (χ2v) is 8.31. The van der Waals surface area contributed by atoms with Gasteiger partial charge in [0.05, 0.1) is 12.0 Å². The SMILES string of the molecule is COc1ccc(S(=O)N2CCC(N3CCCC(C)C3)CC2)cc1. The van der Waals surface area contributed by atoms with Crippen molar-refractivity contribution in [1.29, 1.82) is 0 Å². The Hall–Kier alpha value is -0.910. The fraction of sp³-hybridized carbons (Fsp3) is 0.667. The quantitative estimate of drug-likeness (QED) is 0.847. The van der Waals surface area contributed by atoms with E-state index in [1.807, 2.05) is 24.3 Å². The van der Waals surface area contributed by atoms with E-state index in [-0.39, 0.29) is 0 Å². The molecule has 1 aromatic carbocycles. The molecule has 5 heteroatoms. The maximum Gasteiger partial charge on any atom is 0.127 e. The van der Waals surface area contributed by atoms with Gasteiger partial charge >= 0.3 is 0 Å². The lowest BCUT2D eigenvalue weighted by Gasteiger charge is -2.41. The molecule has 2 aliphatic heterocycles. The Morgan fingerprint density at radius 2 is 1.78 bits per heavy atom. The second kappa shape index (κ2) is 7.77. The third-order valence-electron chi connectivity index (χ3n) is 5.12. The van der Waals surface area contributed by atoms with Crippen LogP contribution in [0.15, 0.2) is 29.2 Å². The minimum absolute atomic E-state index is 0.682. The highest BCUT2D eigenvalue weighted by Gasteiger charge is 2.29. The summed E-state index contributed by atoms with van der Waals surface area (Å²) in [5, 5.41) is 0. The average molecular weight is 337 g/mol. The molecule has 23 heavy (non-hydrogen) atoms. The van der Waals surface area contributed by atoms with Crippen LogP contribution in [0, 0.1) is 5.92 Å². The van der Waals surface area contributed by atoms with E-state index in [2.05, 4.69) is 16.1 Å². The Morgan fingerprint density at radius 1 is 1.09 bits per heavy atom. The van der Waals surface area contributed by atoms with Gasteiger partial charge in [-0.25, -0.2) is 8.51 Å². The maximum absolute atomic E-state index is 12.7. The summed E-state index contributed by atoms with van der Waals surface area (Å²) in [6.07, 6.45) is 4.97. The van der Waals surface area contributed by atoms with Crippen LogP contribution in [-0.2, 0) is 11.0 Å². The summed E-state index contributed by atoms with van der Waals surface area (Å²) < 4.78 is 20.0. The lowest BCUT2D eigenvalue weighted by molar-refractivity contribution is 0.0954. The van der Waals surface area contributed by atoms with E-state index in [0.29, 0.717) is 6.04 Å². The van der Waals surface area contributed by atoms with Crippen molar-refractivity contribution in [3.05, 3.63) is 24.3 Å². The van der Waals surface area contributed by atoms with Crippen LogP contribution in [0.4, 0.5) is 0 Å². The second-order valence-electron chi connectivity index (χ2n) is 6.83. The number of methoxy groups -OCH3 is 1. The molecule has 2 fully saturated rings. The van der Waals surface area contributed by atoms with E-state index < -0.39 is 11.0 Å². The third kappa shape index (κ3) is 4.14. The van der Waals surface area contributed by atoms with Gasteiger partial charge < -0.3 is 9.64 Å². The van der Waals surface area contributed by atoms with Crippen molar-refractivity contribution in [1.82, 2.24) is 9.21 Å². The van der Waals surface area contributed by atoms with Crippen LogP contribution in [0.5, 0.6) is 5.75 Å². The molecule has 128 valence electrons. The van der Waals surface area contributed by atoms with Gasteiger partial charge in [-0.05, 0) is 62.4 Å². The molecular weight excluding hydrogens is 308 g/mol. The van der Waals surface area contributed by atoms with E-state index in [1.165, 1.54) is 25.9 Å². The van der Waals surface area contributed by atoms with Crippen molar-refractivity contribution in [2.75, 3.05) is 33.3 Å². The van der Waals surface area contributed by atoms with E-state index >= 15 is 0 Å². The molecule has 0 aliphatic carbocycles. The zero-order chi connectivity index (χ0) is 16.2. The standard InChI is InChI=1S/C18H28N2O2S/c1-15-4-3-11-19(14-15)16-9-12-20(13-10-16)23(21)18-7-5-17(22-2)6-8-18/h5-8,15-16H,3-4,9-14H2,1-2H3. The molecule has 0 bridgehead atoms. The molecule has 0 amide bonds. The lowest BCUT2D eigenvalue weighted by Crippen LogP contribution is -2.48. The van der Waals surface area contributed by atoms with E-state index in [1.54, 1.807) is 7.11 Å². The summed E-state index contributed by atoms with van der Waals surface area (Å²) in [6, 6.07) is 8.27. The summed E-state index contributed by atoms with van der Waals surface area (Å²) in [4.78, 5) is 3.54. The summed E-state index contributed by atoms with van der Waals surface area (Å²) in [5.41, 5.74) is 0. The van der Waals surface area contributed by atoms with Gasteiger partial charge in [-0.2, -0.15) is 0 Å². The number of ether oxygens (including phenoxy) is 1. The minimum Gasteiger partial charge on any atom is -0.497 e. The first-order chi connectivity index (χ1) is 11.2. The van der Waals surface area contributed by atoms with Crippen LogP contribution < -0.4 is 4.74 Å². The third-order valence-corrected chi connectivity index (χ3v) is 6.63. The maximum atomic E-state index is 12.7. The highest BCUT2D eigenvalue weighted by atomic mass is 32.2. The van der Waals surface area contributed by atoms with Crippen LogP contribution in [0.3, 0.4) is 0 Å². The first-order valence-electron chi connectivity index (χ1n) is 8.72. The molecule has 2 atom stereocenters. The summed E-state index contributed by atoms with van der Waals surface area (Å²) in [6.45, 7) is 6.70. The Labute approximate surface area is 142 Å². The molecule has 1 aromatic rings. The molecular formula is C18H28N2O2S. The largest absolute Gasteiger partial charge is 0.497 e. The molecule has 2 saturated heterocycles. The highest BCUT2D eigenvalue weighted by Crippen LogP contribution is 2.25. The van der Waals surface area contributed by atoms with Gasteiger partial charge in [0.2, 0.25) is 0 Å². The predicted molar refractivity (Wildman–Crippen MR) is 94.0 cm³/mol. The van der Waals surface area contributed by atoms with Crippen molar-refractivity contribution in [3.8, 4) is 5.75 Å². The van der Waals surface area contributed by atoms with Gasteiger partial charge in [-0.15, -0.1) is 0 Å². The zero-order valence-electron chi connectivity index (χ0n) is 14.2. The van der Waals surface area contributed by atoms with Gasteiger partial charge in [-0.3, -0.25) is 0 Å². The monoisotopic (exact) mass is 336 g/mol. The van der Waals surface area contributed by atoms with Crippen LogP contribution in [0.1, 0.15) is 32.6 Å². The molecule has 3 rings (SSSR count). The Morgan fingerprint density at radius 3 is 2.39 bits per heavy atom. The normalized spacial score (nSPS) is 26.1. The molecule has 0 aromatic heterocycles. The molecule has 0 spiro atoms. The topological polar surface area (TPSA) is 32.8 Å². The van der Waals surface area contributed by atoms with Crippen molar-refractivity contribution in [2.45, 2.75) is 43.5 Å². The number of rotatable bonds is 4. The van der Waals surface area contributed by atoms with Crippen molar-refractivity contribution >= 4 is 11.0 Å². The van der Waals surface area contributed by atoms with Crippen molar-refractivity contribution in [3.63, 3.8) is 0 Å². The fourth-order valence-electron chi connectivity index (χ4n) is 3.77. The molecule has 2 heterocycles. The Kier molecular flexibility index (Phi) is 5.72. The van der Waals surface area contributed by atoms with Gasteiger partial charge in [0, 0.05) is 25.7 Å². The molecule has 0 saturated carbocycles. The van der Waals surface area contributed by atoms with Gasteiger partial charge in [0.15, 0.2) is 0 Å². The van der Waals surface area contributed by atoms with Crippen LogP contribution in [0.25, 0.3) is 0 Å². The smallest absolute Gasteiger partial charge is 0.127 e. The summed E-state index contributed by atoms with van der Waals surface area (Å²) in [7, 11) is 0.603. The predicted octanol–water partition coefficient (Wildman–Crippen LogP) is 2.91. The van der Waals surface area contributed by atoms with E-state index in [4.69, 9.17) is 4.74 Å². The Balaban J connectivity index is 1.54. The first kappa shape index (κ1) is 16.9. The number of likely N-dealkylation sites (tertiary alicyclic amines) is 1. The summed E-state index contributed by atoms with van der Waals surface area (Å²) >= 11 is 0. The highest BCUT2D eigenvalue weighted by molar-refractivity contribution is 7.82. The summed E-state index contributed by atoms with van der Waals surface area (Å²) in [5.74, 6) is 1.64. The molecule has 0 N–H and O–H groups in total. The van der Waals surface area contributed by atoms with Crippen LogP contribution >= 0.6 is 0 Å². The fourth-order valence-corrected chi connectivity index (χ4v) is 4.98. The number of hydrogen-bond donors (Lipinski definition) is 0. The molecule has 2 unspecified atom stereocenters. The molecule has 0 radical (unpaired) electrons. The number of hydrogen-bond acceptors (Lipinski definition) is 3. The van der Waals surface area contributed by atoms with Crippen LogP contribution in [0.2, 0.25) is 0 Å².